The van der Waals surface area contributed by atoms with Gasteiger partial charge in [-0.1, -0.05) is 27.5 Å². The minimum Gasteiger partial charge on any atom is -0.506 e. The number of halogens is 2. The van der Waals surface area contributed by atoms with E-state index in [0.717, 1.165) is 0 Å². The first-order valence-electron chi connectivity index (χ1n) is 4.46. The van der Waals surface area contributed by atoms with Crippen LogP contribution in [0.25, 0.3) is 0 Å². The number of rotatable bonds is 3. The molecule has 0 saturated carbocycles. The number of benzene rings is 1. The van der Waals surface area contributed by atoms with Gasteiger partial charge in [-0.25, -0.2) is 0 Å². The molecule has 0 aliphatic carbocycles. The molecular formula is C10H11BrClNO3. The Hall–Kier alpha value is -0.780. The van der Waals surface area contributed by atoms with Crippen LogP contribution in [0.4, 0.5) is 0 Å². The molecule has 0 unspecified atom stereocenters. The van der Waals surface area contributed by atoms with Gasteiger partial charge in [0, 0.05) is 16.1 Å². The summed E-state index contributed by atoms with van der Waals surface area (Å²) < 4.78 is 5.18. The summed E-state index contributed by atoms with van der Waals surface area (Å²) in [5.74, 6) is -0.552. The smallest absolute Gasteiger partial charge is 0.307 e. The average molecular weight is 309 g/mol. The van der Waals surface area contributed by atoms with E-state index in [2.05, 4.69) is 20.7 Å². The number of hydrogen-bond donors (Lipinski definition) is 2. The number of phenolic OH excluding ortho intramolecular Hbond substituents is 1. The predicted octanol–water partition coefficient (Wildman–Crippen LogP) is 2.37. The van der Waals surface area contributed by atoms with Crippen LogP contribution in [0.15, 0.2) is 16.6 Å². The molecule has 1 rings (SSSR count). The Morgan fingerprint density at radius 2 is 2.31 bits per heavy atom. The third-order valence-electron chi connectivity index (χ3n) is 2.07. The number of phenols is 1. The third kappa shape index (κ3) is 3.10. The molecule has 16 heavy (non-hydrogen) atoms. The summed E-state index contributed by atoms with van der Waals surface area (Å²) in [6.45, 7) is 0. The lowest BCUT2D eigenvalue weighted by Gasteiger charge is -2.13. The Morgan fingerprint density at radius 1 is 1.69 bits per heavy atom. The Balaban J connectivity index is 2.99. The lowest BCUT2D eigenvalue weighted by atomic mass is 10.0. The molecule has 0 aliphatic rings. The molecule has 0 heterocycles. The fraction of sp³-hybridized carbons (Fsp3) is 0.300. The Morgan fingerprint density at radius 3 is 2.88 bits per heavy atom. The highest BCUT2D eigenvalue weighted by atomic mass is 79.9. The Labute approximate surface area is 106 Å². The first-order chi connectivity index (χ1) is 7.45. The van der Waals surface area contributed by atoms with Crippen molar-refractivity contribution < 1.29 is 14.6 Å². The zero-order valence-electron chi connectivity index (χ0n) is 8.54. The number of methoxy groups -OCH3 is 1. The fourth-order valence-electron chi connectivity index (χ4n) is 1.24. The molecule has 0 saturated heterocycles. The van der Waals surface area contributed by atoms with E-state index in [1.54, 1.807) is 12.1 Å². The van der Waals surface area contributed by atoms with Crippen LogP contribution >= 0.6 is 27.5 Å². The number of carbonyl (C=O) groups excluding carboxylic acids is 1. The SMILES string of the molecule is COC(=O)C[C@H](N)c1cc(Br)cc(Cl)c1O. The van der Waals surface area contributed by atoms with Crippen molar-refractivity contribution in [2.75, 3.05) is 7.11 Å². The quantitative estimate of drug-likeness (QED) is 0.841. The van der Waals surface area contributed by atoms with Crippen LogP contribution in [-0.4, -0.2) is 18.2 Å². The molecular weight excluding hydrogens is 297 g/mol. The van der Waals surface area contributed by atoms with Crippen LogP contribution in [0.1, 0.15) is 18.0 Å². The second kappa shape index (κ2) is 5.52. The van der Waals surface area contributed by atoms with E-state index in [1.165, 1.54) is 7.11 Å². The molecule has 4 nitrogen and oxygen atoms in total. The number of aromatic hydroxyl groups is 1. The van der Waals surface area contributed by atoms with E-state index in [1.807, 2.05) is 0 Å². The van der Waals surface area contributed by atoms with Crippen LogP contribution < -0.4 is 5.73 Å². The summed E-state index contributed by atoms with van der Waals surface area (Å²) >= 11 is 9.01. The summed E-state index contributed by atoms with van der Waals surface area (Å²) in [5, 5.41) is 9.88. The number of esters is 1. The Bertz CT molecular complexity index is 411. The topological polar surface area (TPSA) is 72.5 Å². The van der Waals surface area contributed by atoms with E-state index in [0.29, 0.717) is 10.0 Å². The van der Waals surface area contributed by atoms with Crippen LogP contribution in [0.5, 0.6) is 5.75 Å². The largest absolute Gasteiger partial charge is 0.506 e. The monoisotopic (exact) mass is 307 g/mol. The normalized spacial score (nSPS) is 12.2. The van der Waals surface area contributed by atoms with Crippen molar-refractivity contribution in [1.82, 2.24) is 0 Å². The fourth-order valence-corrected chi connectivity index (χ4v) is 2.08. The number of carbonyl (C=O) groups is 1. The van der Waals surface area contributed by atoms with Gasteiger partial charge in [-0.05, 0) is 12.1 Å². The van der Waals surface area contributed by atoms with Gasteiger partial charge in [0.1, 0.15) is 5.75 Å². The van der Waals surface area contributed by atoms with Gasteiger partial charge < -0.3 is 15.6 Å². The summed E-state index contributed by atoms with van der Waals surface area (Å²) in [6, 6.07) is 2.52. The van der Waals surface area contributed by atoms with Crippen molar-refractivity contribution in [3.05, 3.63) is 27.2 Å². The van der Waals surface area contributed by atoms with Gasteiger partial charge in [-0.15, -0.1) is 0 Å². The number of nitrogens with two attached hydrogens (primary N) is 1. The molecule has 0 spiro atoms. The van der Waals surface area contributed by atoms with Crippen molar-refractivity contribution in [3.63, 3.8) is 0 Å². The standard InChI is InChI=1S/C10H11BrClNO3/c1-16-9(14)4-8(13)6-2-5(11)3-7(12)10(6)15/h2-3,8,15H,4,13H2,1H3/t8-/m0/s1. The lowest BCUT2D eigenvalue weighted by Crippen LogP contribution is -2.16. The van der Waals surface area contributed by atoms with Gasteiger partial charge in [0.25, 0.3) is 0 Å². The van der Waals surface area contributed by atoms with Crippen molar-refractivity contribution in [2.45, 2.75) is 12.5 Å². The minimum atomic E-state index is -0.651. The first kappa shape index (κ1) is 13.3. The molecule has 1 aromatic rings. The van der Waals surface area contributed by atoms with E-state index < -0.39 is 12.0 Å². The van der Waals surface area contributed by atoms with Gasteiger partial charge in [0.05, 0.1) is 18.6 Å². The highest BCUT2D eigenvalue weighted by Gasteiger charge is 2.17. The van der Waals surface area contributed by atoms with Crippen LogP contribution in [-0.2, 0) is 9.53 Å². The molecule has 0 amide bonds. The van der Waals surface area contributed by atoms with Crippen LogP contribution in [0, 0.1) is 0 Å². The maximum absolute atomic E-state index is 11.0. The summed E-state index contributed by atoms with van der Waals surface area (Å²) in [4.78, 5) is 11.0. The highest BCUT2D eigenvalue weighted by Crippen LogP contribution is 2.35. The lowest BCUT2D eigenvalue weighted by molar-refractivity contribution is -0.141. The van der Waals surface area contributed by atoms with Gasteiger partial charge in [0.2, 0.25) is 0 Å². The highest BCUT2D eigenvalue weighted by molar-refractivity contribution is 9.10. The molecule has 0 aromatic heterocycles. The first-order valence-corrected chi connectivity index (χ1v) is 5.63. The van der Waals surface area contributed by atoms with Gasteiger partial charge in [-0.2, -0.15) is 0 Å². The maximum Gasteiger partial charge on any atom is 0.307 e. The zero-order chi connectivity index (χ0) is 12.3. The second-order valence-corrected chi connectivity index (χ2v) is 4.54. The molecule has 3 N–H and O–H groups in total. The Kier molecular flexibility index (Phi) is 4.58. The molecule has 0 aliphatic heterocycles. The van der Waals surface area contributed by atoms with Crippen molar-refractivity contribution in [1.29, 1.82) is 0 Å². The molecule has 0 bridgehead atoms. The predicted molar refractivity (Wildman–Crippen MR) is 64.4 cm³/mol. The maximum atomic E-state index is 11.0. The molecule has 6 heteroatoms. The molecule has 88 valence electrons. The number of hydrogen-bond acceptors (Lipinski definition) is 4. The van der Waals surface area contributed by atoms with Crippen molar-refractivity contribution in [3.8, 4) is 5.75 Å². The molecule has 0 radical (unpaired) electrons. The summed E-state index contributed by atoms with van der Waals surface area (Å²) in [6.07, 6.45) is -0.0170. The van der Waals surface area contributed by atoms with Crippen LogP contribution in [0.3, 0.4) is 0 Å². The van der Waals surface area contributed by atoms with E-state index in [-0.39, 0.29) is 17.2 Å². The number of ether oxygens (including phenoxy) is 1. The summed E-state index contributed by atoms with van der Waals surface area (Å²) in [7, 11) is 1.28. The summed E-state index contributed by atoms with van der Waals surface area (Å²) in [5.41, 5.74) is 6.18. The zero-order valence-corrected chi connectivity index (χ0v) is 10.9. The molecule has 0 fully saturated rings. The third-order valence-corrected chi connectivity index (χ3v) is 2.82. The minimum absolute atomic E-state index is 0.0170. The van der Waals surface area contributed by atoms with Crippen LogP contribution in [0.2, 0.25) is 5.02 Å². The van der Waals surface area contributed by atoms with E-state index in [9.17, 15) is 9.90 Å². The van der Waals surface area contributed by atoms with Crippen molar-refractivity contribution >= 4 is 33.5 Å². The van der Waals surface area contributed by atoms with Gasteiger partial charge in [-0.3, -0.25) is 4.79 Å². The van der Waals surface area contributed by atoms with Gasteiger partial charge in [0.15, 0.2) is 0 Å². The van der Waals surface area contributed by atoms with E-state index >= 15 is 0 Å². The second-order valence-electron chi connectivity index (χ2n) is 3.21. The van der Waals surface area contributed by atoms with E-state index in [4.69, 9.17) is 17.3 Å². The van der Waals surface area contributed by atoms with Crippen molar-refractivity contribution in [2.24, 2.45) is 5.73 Å². The van der Waals surface area contributed by atoms with Gasteiger partial charge >= 0.3 is 5.97 Å². The molecule has 1 aromatic carbocycles. The molecule has 1 atom stereocenters. The average Bonchev–Trinajstić information content (AvgIpc) is 2.22.